The minimum atomic E-state index is -0.463. The van der Waals surface area contributed by atoms with Crippen molar-refractivity contribution in [2.45, 2.75) is 30.8 Å². The minimum absolute atomic E-state index is 0.0678. The first-order valence-electron chi connectivity index (χ1n) is 13.3. The molecule has 39 heavy (non-hydrogen) atoms. The zero-order valence-electron chi connectivity index (χ0n) is 22.6. The van der Waals surface area contributed by atoms with Crippen molar-refractivity contribution in [2.75, 3.05) is 40.5 Å². The molecular formula is C31H35FN4O3. The van der Waals surface area contributed by atoms with E-state index in [1.165, 1.54) is 18.7 Å². The number of aliphatic imine (C=N–C) groups is 1. The lowest BCUT2D eigenvalue weighted by molar-refractivity contribution is 0.159. The Balaban J connectivity index is 1.40. The first kappa shape index (κ1) is 26.8. The van der Waals surface area contributed by atoms with E-state index < -0.39 is 11.9 Å². The predicted molar refractivity (Wildman–Crippen MR) is 151 cm³/mol. The van der Waals surface area contributed by atoms with E-state index in [0.29, 0.717) is 18.0 Å². The number of amides is 2. The number of ether oxygens (including phenoxy) is 2. The minimum Gasteiger partial charge on any atom is -0.494 e. The molecule has 5 rings (SSSR count). The van der Waals surface area contributed by atoms with Gasteiger partial charge in [0.15, 0.2) is 11.6 Å². The summed E-state index contributed by atoms with van der Waals surface area (Å²) < 4.78 is 25.1. The van der Waals surface area contributed by atoms with Gasteiger partial charge in [-0.05, 0) is 22.8 Å². The number of hydrogen-bond donors (Lipinski definition) is 2. The van der Waals surface area contributed by atoms with Crippen LogP contribution < -0.4 is 15.4 Å². The van der Waals surface area contributed by atoms with Crippen LogP contribution >= 0.6 is 0 Å². The summed E-state index contributed by atoms with van der Waals surface area (Å²) in [6.07, 6.45) is 0. The molecule has 0 radical (unpaired) electrons. The number of likely N-dealkylation sites (tertiary alicyclic amines) is 1. The standard InChI is InChI=1S/C31H35FN4O3/c1-20-23-16-28(39-3)25(32)17-26(23)33-30(22-12-8-5-9-13-22)29(20)35-31(37)34-27-19-36(14-15-38-2)18-24(27)21-10-6-4-7-11-21/h4-13,16-17,20,24,27,29H,14-15,18-19H2,1-3H3,(H2,34,35,37)/t20?,24-,27+,29?/m0/s1. The van der Waals surface area contributed by atoms with Crippen molar-refractivity contribution in [3.63, 3.8) is 0 Å². The van der Waals surface area contributed by atoms with Gasteiger partial charge in [-0.15, -0.1) is 0 Å². The van der Waals surface area contributed by atoms with Crippen LogP contribution in [0.15, 0.2) is 77.8 Å². The van der Waals surface area contributed by atoms with Crippen molar-refractivity contribution in [1.29, 1.82) is 0 Å². The Labute approximate surface area is 229 Å². The van der Waals surface area contributed by atoms with Crippen LogP contribution in [-0.4, -0.2) is 69.2 Å². The number of methoxy groups -OCH3 is 2. The van der Waals surface area contributed by atoms with Crippen molar-refractivity contribution in [2.24, 2.45) is 4.99 Å². The first-order valence-corrected chi connectivity index (χ1v) is 13.3. The van der Waals surface area contributed by atoms with E-state index in [-0.39, 0.29) is 29.7 Å². The smallest absolute Gasteiger partial charge is 0.315 e. The van der Waals surface area contributed by atoms with E-state index in [1.54, 1.807) is 13.2 Å². The number of nitrogens with zero attached hydrogens (tertiary/aromatic N) is 2. The molecular weight excluding hydrogens is 495 g/mol. The number of nitrogens with one attached hydrogen (secondary N) is 2. The molecule has 204 valence electrons. The number of fused-ring (bicyclic) bond motifs is 1. The number of urea groups is 1. The van der Waals surface area contributed by atoms with Crippen molar-refractivity contribution < 1.29 is 18.7 Å². The van der Waals surface area contributed by atoms with Crippen molar-refractivity contribution in [3.05, 3.63) is 95.3 Å². The molecule has 2 heterocycles. The summed E-state index contributed by atoms with van der Waals surface area (Å²) >= 11 is 0. The number of benzene rings is 3. The maximum Gasteiger partial charge on any atom is 0.315 e. The lowest BCUT2D eigenvalue weighted by Gasteiger charge is -2.33. The second-order valence-corrected chi connectivity index (χ2v) is 10.2. The van der Waals surface area contributed by atoms with Gasteiger partial charge in [-0.2, -0.15) is 0 Å². The largest absolute Gasteiger partial charge is 0.494 e. The summed E-state index contributed by atoms with van der Waals surface area (Å²) in [6.45, 7) is 5.04. The molecule has 0 aliphatic carbocycles. The maximum atomic E-state index is 14.6. The molecule has 3 aromatic carbocycles. The Hall–Kier alpha value is -3.75. The fourth-order valence-corrected chi connectivity index (χ4v) is 5.66. The average molecular weight is 531 g/mol. The molecule has 2 amide bonds. The van der Waals surface area contributed by atoms with Crippen molar-refractivity contribution in [3.8, 4) is 5.75 Å². The SMILES string of the molecule is COCCN1C[C@@H](NC(=O)NC2C(c3ccccc3)=Nc3cc(F)c(OC)cc3C2C)[C@H](c2ccccc2)C1. The number of carbonyl (C=O) groups is 1. The summed E-state index contributed by atoms with van der Waals surface area (Å²) in [5, 5.41) is 6.47. The predicted octanol–water partition coefficient (Wildman–Crippen LogP) is 4.85. The Bertz CT molecular complexity index is 1320. The Kier molecular flexibility index (Phi) is 8.24. The molecule has 0 saturated carbocycles. The van der Waals surface area contributed by atoms with E-state index in [0.717, 1.165) is 30.8 Å². The van der Waals surface area contributed by atoms with E-state index in [2.05, 4.69) is 27.7 Å². The van der Waals surface area contributed by atoms with Gasteiger partial charge in [-0.3, -0.25) is 9.89 Å². The summed E-state index contributed by atoms with van der Waals surface area (Å²) in [5.41, 5.74) is 4.15. The van der Waals surface area contributed by atoms with E-state index in [1.807, 2.05) is 55.5 Å². The summed E-state index contributed by atoms with van der Waals surface area (Å²) in [6, 6.07) is 22.4. The molecule has 2 aliphatic rings. The van der Waals surface area contributed by atoms with Gasteiger partial charge in [0.1, 0.15) is 0 Å². The van der Waals surface area contributed by atoms with Gasteiger partial charge in [0.2, 0.25) is 0 Å². The topological polar surface area (TPSA) is 75.2 Å². The second kappa shape index (κ2) is 12.0. The first-order chi connectivity index (χ1) is 19.0. The average Bonchev–Trinajstić information content (AvgIpc) is 3.36. The number of halogens is 1. The third kappa shape index (κ3) is 5.82. The Morgan fingerprint density at radius 3 is 2.44 bits per heavy atom. The quantitative estimate of drug-likeness (QED) is 0.437. The van der Waals surface area contributed by atoms with Crippen LogP contribution in [0, 0.1) is 5.82 Å². The summed E-state index contributed by atoms with van der Waals surface area (Å²) in [5.74, 6) is -0.308. The summed E-state index contributed by atoms with van der Waals surface area (Å²) in [7, 11) is 3.15. The van der Waals surface area contributed by atoms with Crippen LogP contribution in [0.1, 0.15) is 35.4 Å². The highest BCUT2D eigenvalue weighted by Gasteiger charge is 2.37. The maximum absolute atomic E-state index is 14.6. The fourth-order valence-electron chi connectivity index (χ4n) is 5.66. The van der Waals surface area contributed by atoms with Crippen molar-refractivity contribution >= 4 is 17.4 Å². The third-order valence-electron chi connectivity index (χ3n) is 7.73. The van der Waals surface area contributed by atoms with Crippen LogP contribution in [0.3, 0.4) is 0 Å². The molecule has 3 aromatic rings. The van der Waals surface area contributed by atoms with E-state index >= 15 is 0 Å². The molecule has 4 atom stereocenters. The van der Waals surface area contributed by atoms with Gasteiger partial charge >= 0.3 is 6.03 Å². The normalized spacial score (nSPS) is 22.6. The zero-order valence-corrected chi connectivity index (χ0v) is 22.6. The monoisotopic (exact) mass is 530 g/mol. The molecule has 0 spiro atoms. The third-order valence-corrected chi connectivity index (χ3v) is 7.73. The molecule has 8 heteroatoms. The molecule has 2 aliphatic heterocycles. The van der Waals surface area contributed by atoms with Gasteiger partial charge in [0.05, 0.1) is 37.2 Å². The highest BCUT2D eigenvalue weighted by atomic mass is 19.1. The lowest BCUT2D eigenvalue weighted by atomic mass is 9.84. The Morgan fingerprint density at radius 1 is 1.03 bits per heavy atom. The van der Waals surface area contributed by atoms with Crippen LogP contribution in [0.25, 0.3) is 0 Å². The van der Waals surface area contributed by atoms with Gasteiger partial charge in [-0.25, -0.2) is 9.18 Å². The van der Waals surface area contributed by atoms with Crippen molar-refractivity contribution in [1.82, 2.24) is 15.5 Å². The number of carbonyl (C=O) groups excluding carboxylic acids is 1. The van der Waals surface area contributed by atoms with Gasteiger partial charge < -0.3 is 20.1 Å². The van der Waals surface area contributed by atoms with Gasteiger partial charge in [0.25, 0.3) is 0 Å². The Morgan fingerprint density at radius 2 is 1.74 bits per heavy atom. The molecule has 7 nitrogen and oxygen atoms in total. The molecule has 1 fully saturated rings. The fraction of sp³-hybridized carbons (Fsp3) is 0.355. The van der Waals surface area contributed by atoms with E-state index in [9.17, 15) is 9.18 Å². The molecule has 2 unspecified atom stereocenters. The number of rotatable bonds is 8. The highest BCUT2D eigenvalue weighted by Crippen LogP contribution is 2.39. The van der Waals surface area contributed by atoms with Gasteiger partial charge in [-0.1, -0.05) is 67.6 Å². The van der Waals surface area contributed by atoms with Crippen LogP contribution in [-0.2, 0) is 4.74 Å². The summed E-state index contributed by atoms with van der Waals surface area (Å²) in [4.78, 5) is 20.7. The van der Waals surface area contributed by atoms with Crippen LogP contribution in [0.5, 0.6) is 5.75 Å². The van der Waals surface area contributed by atoms with Gasteiger partial charge in [0, 0.05) is 44.6 Å². The molecule has 0 aromatic heterocycles. The van der Waals surface area contributed by atoms with Crippen LogP contribution in [0.2, 0.25) is 0 Å². The van der Waals surface area contributed by atoms with Crippen LogP contribution in [0.4, 0.5) is 14.9 Å². The number of hydrogen-bond acceptors (Lipinski definition) is 5. The van der Waals surface area contributed by atoms with E-state index in [4.69, 9.17) is 14.5 Å². The zero-order chi connectivity index (χ0) is 27.4. The molecule has 2 N–H and O–H groups in total. The molecule has 0 bridgehead atoms. The lowest BCUT2D eigenvalue weighted by Crippen LogP contribution is -2.53. The molecule has 1 saturated heterocycles. The second-order valence-electron chi connectivity index (χ2n) is 10.2. The highest BCUT2D eigenvalue weighted by molar-refractivity contribution is 6.09.